The average molecular weight is 371 g/mol. The molecule has 0 saturated carbocycles. The van der Waals surface area contributed by atoms with E-state index in [2.05, 4.69) is 15.6 Å². The van der Waals surface area contributed by atoms with Crippen molar-refractivity contribution in [1.29, 1.82) is 0 Å². The Kier molecular flexibility index (Phi) is 4.90. The first-order valence-corrected chi connectivity index (χ1v) is 8.04. The number of H-pyrrole nitrogens is 1. The van der Waals surface area contributed by atoms with Gasteiger partial charge >= 0.3 is 0 Å². The zero-order chi connectivity index (χ0) is 18.7. The molecule has 0 fully saturated rings. The number of rotatable bonds is 4. The highest BCUT2D eigenvalue weighted by atomic mass is 35.5. The van der Waals surface area contributed by atoms with Crippen LogP contribution in [0.15, 0.2) is 58.4 Å². The molecule has 1 aromatic heterocycles. The molecule has 8 heteroatoms. The van der Waals surface area contributed by atoms with Crippen molar-refractivity contribution < 1.29 is 9.90 Å². The van der Waals surface area contributed by atoms with E-state index in [0.29, 0.717) is 22.0 Å². The minimum Gasteiger partial charge on any atom is -0.507 e. The van der Waals surface area contributed by atoms with Gasteiger partial charge in [0.15, 0.2) is 0 Å². The molecule has 26 heavy (non-hydrogen) atoms. The van der Waals surface area contributed by atoms with Crippen molar-refractivity contribution in [3.05, 3.63) is 80.7 Å². The lowest BCUT2D eigenvalue weighted by Crippen LogP contribution is -2.20. The van der Waals surface area contributed by atoms with Crippen molar-refractivity contribution in [2.45, 2.75) is 6.92 Å². The molecule has 7 nitrogen and oxygen atoms in total. The van der Waals surface area contributed by atoms with E-state index in [-0.39, 0.29) is 16.9 Å². The Hall–Kier alpha value is -3.32. The van der Waals surface area contributed by atoms with Crippen molar-refractivity contribution in [2.24, 2.45) is 5.10 Å². The number of carbonyl (C=O) groups excluding carboxylic acids is 1. The number of para-hydroxylation sites is 1. The van der Waals surface area contributed by atoms with Gasteiger partial charge in [0.05, 0.1) is 23.0 Å². The Morgan fingerprint density at radius 3 is 2.73 bits per heavy atom. The highest BCUT2D eigenvalue weighted by Crippen LogP contribution is 2.21. The minimum absolute atomic E-state index is 0.0119. The van der Waals surface area contributed by atoms with Gasteiger partial charge < -0.3 is 5.11 Å². The maximum absolute atomic E-state index is 12.5. The normalized spacial score (nSPS) is 11.0. The largest absolute Gasteiger partial charge is 0.507 e. The SMILES string of the molecule is Cc1[nH]n(-c2ccccc2)c(=O)c1/C=N/NC(=O)c1cc(Cl)ccc1O. The number of aromatic nitrogens is 2. The van der Waals surface area contributed by atoms with Crippen molar-refractivity contribution in [1.82, 2.24) is 15.2 Å². The number of carbonyl (C=O) groups is 1. The van der Waals surface area contributed by atoms with Crippen molar-refractivity contribution >= 4 is 23.7 Å². The number of hydrogen-bond acceptors (Lipinski definition) is 4. The lowest BCUT2D eigenvalue weighted by molar-refractivity contribution is 0.0952. The summed E-state index contributed by atoms with van der Waals surface area (Å²) in [5, 5.41) is 16.8. The first-order chi connectivity index (χ1) is 12.5. The second-order valence-electron chi connectivity index (χ2n) is 5.49. The first kappa shape index (κ1) is 17.5. The van der Waals surface area contributed by atoms with Crippen LogP contribution in [-0.4, -0.2) is 27.0 Å². The van der Waals surface area contributed by atoms with Crippen molar-refractivity contribution in [3.63, 3.8) is 0 Å². The number of phenolic OH excluding ortho intramolecular Hbond substituents is 1. The molecule has 2 aromatic carbocycles. The van der Waals surface area contributed by atoms with Gasteiger partial charge in [-0.1, -0.05) is 29.8 Å². The fourth-order valence-electron chi connectivity index (χ4n) is 2.38. The molecular formula is C18H15ClN4O3. The number of halogens is 1. The summed E-state index contributed by atoms with van der Waals surface area (Å²) in [6.45, 7) is 1.73. The fraction of sp³-hybridized carbons (Fsp3) is 0.0556. The van der Waals surface area contributed by atoms with Gasteiger partial charge in [-0.25, -0.2) is 10.1 Å². The third kappa shape index (κ3) is 3.52. The van der Waals surface area contributed by atoms with Crippen LogP contribution in [0.5, 0.6) is 5.75 Å². The van der Waals surface area contributed by atoms with Crippen LogP contribution in [0.3, 0.4) is 0 Å². The highest BCUT2D eigenvalue weighted by Gasteiger charge is 2.12. The molecule has 3 N–H and O–H groups in total. The van der Waals surface area contributed by atoms with E-state index in [0.717, 1.165) is 0 Å². The van der Waals surface area contributed by atoms with Crippen LogP contribution in [0.25, 0.3) is 5.69 Å². The van der Waals surface area contributed by atoms with Crippen molar-refractivity contribution in [2.75, 3.05) is 0 Å². The van der Waals surface area contributed by atoms with Gasteiger partial charge in [0.2, 0.25) is 0 Å². The van der Waals surface area contributed by atoms with Gasteiger partial charge in [-0.05, 0) is 37.3 Å². The number of phenols is 1. The van der Waals surface area contributed by atoms with Gasteiger partial charge in [-0.15, -0.1) is 0 Å². The fourth-order valence-corrected chi connectivity index (χ4v) is 2.55. The van der Waals surface area contributed by atoms with Gasteiger partial charge in [0, 0.05) is 10.7 Å². The summed E-state index contributed by atoms with van der Waals surface area (Å²) in [7, 11) is 0. The van der Waals surface area contributed by atoms with Gasteiger partial charge in [-0.3, -0.25) is 14.7 Å². The zero-order valence-electron chi connectivity index (χ0n) is 13.7. The van der Waals surface area contributed by atoms with Crippen LogP contribution in [0.2, 0.25) is 5.02 Å². The van der Waals surface area contributed by atoms with E-state index in [1.54, 1.807) is 19.1 Å². The standard InChI is InChI=1S/C18H15ClN4O3/c1-11-15(18(26)23(22-11)13-5-3-2-4-6-13)10-20-21-17(25)14-9-12(19)7-8-16(14)24/h2-10,22,24H,1H3,(H,21,25)/b20-10+. The molecular weight excluding hydrogens is 356 g/mol. The molecule has 1 amide bonds. The van der Waals surface area contributed by atoms with Gasteiger partial charge in [-0.2, -0.15) is 5.10 Å². The molecule has 0 saturated heterocycles. The molecule has 3 aromatic rings. The number of nitrogens with one attached hydrogen (secondary N) is 2. The number of aryl methyl sites for hydroxylation is 1. The summed E-state index contributed by atoms with van der Waals surface area (Å²) in [6, 6.07) is 13.2. The second-order valence-corrected chi connectivity index (χ2v) is 5.92. The van der Waals surface area contributed by atoms with Crippen LogP contribution in [0, 0.1) is 6.92 Å². The Bertz CT molecular complexity index is 1040. The zero-order valence-corrected chi connectivity index (χ0v) is 14.5. The molecule has 1 heterocycles. The molecule has 0 radical (unpaired) electrons. The van der Waals surface area contributed by atoms with E-state index in [4.69, 9.17) is 11.6 Å². The first-order valence-electron chi connectivity index (χ1n) is 7.66. The predicted molar refractivity (Wildman–Crippen MR) is 99.3 cm³/mol. The number of aromatic amines is 1. The van der Waals surface area contributed by atoms with Crippen LogP contribution < -0.4 is 11.0 Å². The summed E-state index contributed by atoms with van der Waals surface area (Å²) < 4.78 is 1.39. The lowest BCUT2D eigenvalue weighted by atomic mass is 10.2. The monoisotopic (exact) mass is 370 g/mol. The summed E-state index contributed by atoms with van der Waals surface area (Å²) in [6.07, 6.45) is 1.26. The smallest absolute Gasteiger partial charge is 0.280 e. The summed E-state index contributed by atoms with van der Waals surface area (Å²) >= 11 is 5.82. The number of nitrogens with zero attached hydrogens (tertiary/aromatic N) is 2. The Balaban J connectivity index is 1.81. The third-order valence-electron chi connectivity index (χ3n) is 3.69. The van der Waals surface area contributed by atoms with Crippen LogP contribution in [0.4, 0.5) is 0 Å². The summed E-state index contributed by atoms with van der Waals surface area (Å²) in [5.41, 5.74) is 3.56. The molecule has 0 aliphatic carbocycles. The number of amides is 1. The van der Waals surface area contributed by atoms with Gasteiger partial charge in [0.25, 0.3) is 11.5 Å². The van der Waals surface area contributed by atoms with Crippen LogP contribution >= 0.6 is 11.6 Å². The highest BCUT2D eigenvalue weighted by molar-refractivity contribution is 6.31. The molecule has 0 unspecified atom stereocenters. The minimum atomic E-state index is -0.641. The molecule has 0 bridgehead atoms. The van der Waals surface area contributed by atoms with E-state index >= 15 is 0 Å². The van der Waals surface area contributed by atoms with E-state index in [1.165, 1.54) is 29.1 Å². The van der Waals surface area contributed by atoms with Crippen molar-refractivity contribution in [3.8, 4) is 11.4 Å². The van der Waals surface area contributed by atoms with Gasteiger partial charge in [0.1, 0.15) is 5.75 Å². The topological polar surface area (TPSA) is 99.5 Å². The quantitative estimate of drug-likeness (QED) is 0.486. The maximum Gasteiger partial charge on any atom is 0.280 e. The predicted octanol–water partition coefficient (Wildman–Crippen LogP) is 2.60. The Morgan fingerprint density at radius 2 is 2.00 bits per heavy atom. The van der Waals surface area contributed by atoms with E-state index in [1.807, 2.05) is 18.2 Å². The lowest BCUT2D eigenvalue weighted by Gasteiger charge is -2.03. The number of hydrazone groups is 1. The second kappa shape index (κ2) is 7.28. The molecule has 132 valence electrons. The molecule has 0 aliphatic heterocycles. The molecule has 0 spiro atoms. The number of aromatic hydroxyl groups is 1. The van der Waals surface area contributed by atoms with Crippen LogP contribution in [-0.2, 0) is 0 Å². The summed E-state index contributed by atoms with van der Waals surface area (Å²) in [4.78, 5) is 24.6. The van der Waals surface area contributed by atoms with Crippen LogP contribution in [0.1, 0.15) is 21.6 Å². The molecule has 0 aliphatic rings. The average Bonchev–Trinajstić information content (AvgIpc) is 2.92. The summed E-state index contributed by atoms with van der Waals surface area (Å²) in [5.74, 6) is -0.857. The van der Waals surface area contributed by atoms with E-state index in [9.17, 15) is 14.7 Å². The molecule has 3 rings (SSSR count). The Labute approximate surface area is 153 Å². The maximum atomic E-state index is 12.5. The Morgan fingerprint density at radius 1 is 1.27 bits per heavy atom. The van der Waals surface area contributed by atoms with E-state index < -0.39 is 5.91 Å². The number of hydrogen-bond donors (Lipinski definition) is 3. The molecule has 0 atom stereocenters. The third-order valence-corrected chi connectivity index (χ3v) is 3.93. The number of benzene rings is 2.